The van der Waals surface area contributed by atoms with Crippen molar-refractivity contribution in [1.29, 1.82) is 0 Å². The summed E-state index contributed by atoms with van der Waals surface area (Å²) in [7, 11) is -4.01. The molecule has 4 N–H and O–H groups in total. The molecule has 2 aliphatic carbocycles. The standard InChI is InChI=1S/C36H43FN8O7S/c1-20-16-27(43-42-20)30(46)39-26-12-8-6-4-5-7-10-22-18-36(22,34(49)44-53(50,51)35(3)14-15-35)41-31(47)28-17-23(19-45(28)33(26)48)52-32-21(2)38-25-13-9-11-24(37)29(25)40-32/h7,9-11,13,16,22-23,26,28H,4-6,8,12,14-15,17-19H2,1-3H3,(H,39,46)(H,41,47)(H,42,43)(H,44,49)/b10-7-/t22?,23-,26+,28+,36-/m1/s1. The van der Waals surface area contributed by atoms with Crippen LogP contribution in [-0.2, 0) is 24.4 Å². The fraction of sp³-hybridized carbons (Fsp3) is 0.528. The third kappa shape index (κ3) is 7.22. The largest absolute Gasteiger partial charge is 0.471 e. The number of amides is 4. The Balaban J connectivity index is 1.20. The smallest absolute Gasteiger partial charge is 0.272 e. The summed E-state index contributed by atoms with van der Waals surface area (Å²) in [5.41, 5.74) is -0.0749. The minimum Gasteiger partial charge on any atom is -0.471 e. The van der Waals surface area contributed by atoms with E-state index < -0.39 is 73.9 Å². The predicted octanol–water partition coefficient (Wildman–Crippen LogP) is 2.65. The van der Waals surface area contributed by atoms with Crippen molar-refractivity contribution in [2.24, 2.45) is 5.92 Å². The number of hydrogen-bond donors (Lipinski definition) is 4. The Labute approximate surface area is 306 Å². The van der Waals surface area contributed by atoms with Crippen molar-refractivity contribution in [3.05, 3.63) is 59.3 Å². The van der Waals surface area contributed by atoms with Crippen LogP contribution in [0.15, 0.2) is 36.4 Å². The van der Waals surface area contributed by atoms with Crippen LogP contribution in [0.4, 0.5) is 4.39 Å². The van der Waals surface area contributed by atoms with Gasteiger partial charge in [-0.25, -0.2) is 22.8 Å². The molecule has 2 saturated carbocycles. The lowest BCUT2D eigenvalue weighted by molar-refractivity contribution is -0.141. The maximum Gasteiger partial charge on any atom is 0.272 e. The number of H-pyrrole nitrogens is 1. The summed E-state index contributed by atoms with van der Waals surface area (Å²) in [4.78, 5) is 66.0. The van der Waals surface area contributed by atoms with Gasteiger partial charge in [0, 0.05) is 18.0 Å². The molecular formula is C36H43FN8O7S. The predicted molar refractivity (Wildman–Crippen MR) is 189 cm³/mol. The van der Waals surface area contributed by atoms with Crippen LogP contribution in [0.1, 0.15) is 86.6 Å². The molecule has 53 heavy (non-hydrogen) atoms. The fourth-order valence-electron chi connectivity index (χ4n) is 7.10. The lowest BCUT2D eigenvalue weighted by Crippen LogP contribution is -2.58. The summed E-state index contributed by atoms with van der Waals surface area (Å²) in [6.07, 6.45) is 6.98. The van der Waals surface area contributed by atoms with Gasteiger partial charge in [-0.05, 0) is 77.5 Å². The van der Waals surface area contributed by atoms with Crippen LogP contribution in [0.5, 0.6) is 5.88 Å². The molecule has 7 rings (SSSR count). The van der Waals surface area contributed by atoms with Crippen LogP contribution in [0, 0.1) is 25.6 Å². The van der Waals surface area contributed by atoms with Crippen LogP contribution in [0.2, 0.25) is 0 Å². The maximum atomic E-state index is 14.7. The van der Waals surface area contributed by atoms with E-state index in [-0.39, 0.29) is 42.9 Å². The fourth-order valence-corrected chi connectivity index (χ4v) is 8.41. The van der Waals surface area contributed by atoms with Crippen LogP contribution >= 0.6 is 0 Å². The van der Waals surface area contributed by atoms with Gasteiger partial charge in [0.25, 0.3) is 11.8 Å². The molecule has 282 valence electrons. The van der Waals surface area contributed by atoms with Gasteiger partial charge in [-0.2, -0.15) is 5.10 Å². The van der Waals surface area contributed by atoms with Gasteiger partial charge in [-0.15, -0.1) is 0 Å². The number of ether oxygens (including phenoxy) is 1. The van der Waals surface area contributed by atoms with Crippen molar-refractivity contribution < 1.29 is 36.7 Å². The Morgan fingerprint density at radius 1 is 1.11 bits per heavy atom. The highest BCUT2D eigenvalue weighted by Gasteiger charge is 2.63. The lowest BCUT2D eigenvalue weighted by atomic mass is 10.0. The molecule has 2 aromatic heterocycles. The van der Waals surface area contributed by atoms with E-state index in [1.165, 1.54) is 17.0 Å². The average Bonchev–Trinajstić information content (AvgIpc) is 3.91. The van der Waals surface area contributed by atoms with E-state index in [1.54, 1.807) is 32.9 Å². The molecule has 0 bridgehead atoms. The van der Waals surface area contributed by atoms with E-state index in [1.807, 2.05) is 12.2 Å². The first-order valence-electron chi connectivity index (χ1n) is 18.0. The Bertz CT molecular complexity index is 2120. The number of carbonyl (C=O) groups excluding carboxylic acids is 4. The van der Waals surface area contributed by atoms with E-state index >= 15 is 0 Å². The quantitative estimate of drug-likeness (QED) is 0.260. The first-order valence-corrected chi connectivity index (χ1v) is 19.5. The Morgan fingerprint density at radius 2 is 1.91 bits per heavy atom. The number of sulfonamides is 1. The van der Waals surface area contributed by atoms with Crippen LogP contribution in [-0.4, -0.2) is 92.1 Å². The Hall–Kier alpha value is -4.93. The number of aryl methyl sites for hydroxylation is 2. The second-order valence-corrected chi connectivity index (χ2v) is 17.1. The number of para-hydroxylation sites is 1. The highest BCUT2D eigenvalue weighted by molar-refractivity contribution is 7.91. The minimum absolute atomic E-state index is 0.00179. The van der Waals surface area contributed by atoms with Crippen molar-refractivity contribution in [3.8, 4) is 5.88 Å². The summed E-state index contributed by atoms with van der Waals surface area (Å²) in [6, 6.07) is 3.76. The number of allylic oxidation sites excluding steroid dienone is 1. The van der Waals surface area contributed by atoms with Crippen molar-refractivity contribution in [2.45, 2.75) is 107 Å². The van der Waals surface area contributed by atoms with Gasteiger partial charge in [-0.3, -0.25) is 29.0 Å². The highest BCUT2D eigenvalue weighted by Crippen LogP contribution is 2.47. The van der Waals surface area contributed by atoms with Crippen LogP contribution in [0.25, 0.3) is 11.0 Å². The van der Waals surface area contributed by atoms with E-state index in [0.29, 0.717) is 42.6 Å². The molecular weight excluding hydrogens is 708 g/mol. The monoisotopic (exact) mass is 750 g/mol. The Morgan fingerprint density at radius 3 is 2.64 bits per heavy atom. The number of benzene rings is 1. The molecule has 3 aromatic rings. The number of hydrogen-bond acceptors (Lipinski definition) is 10. The molecule has 3 fully saturated rings. The second-order valence-electron chi connectivity index (χ2n) is 14.9. The van der Waals surface area contributed by atoms with Crippen molar-refractivity contribution in [1.82, 2.24) is 40.4 Å². The molecule has 2 aliphatic heterocycles. The van der Waals surface area contributed by atoms with E-state index in [0.717, 1.165) is 12.8 Å². The lowest BCUT2D eigenvalue weighted by Gasteiger charge is -2.30. The van der Waals surface area contributed by atoms with E-state index in [9.17, 15) is 32.0 Å². The van der Waals surface area contributed by atoms with Crippen molar-refractivity contribution in [2.75, 3.05) is 6.54 Å². The summed E-state index contributed by atoms with van der Waals surface area (Å²) in [5.74, 6) is -3.63. The highest BCUT2D eigenvalue weighted by atomic mass is 32.2. The summed E-state index contributed by atoms with van der Waals surface area (Å²) < 4.78 is 48.3. The van der Waals surface area contributed by atoms with Gasteiger partial charge in [-0.1, -0.05) is 31.1 Å². The van der Waals surface area contributed by atoms with Gasteiger partial charge < -0.3 is 20.3 Å². The van der Waals surface area contributed by atoms with Crippen molar-refractivity contribution in [3.63, 3.8) is 0 Å². The maximum absolute atomic E-state index is 14.7. The van der Waals surface area contributed by atoms with Gasteiger partial charge >= 0.3 is 0 Å². The van der Waals surface area contributed by atoms with Crippen LogP contribution < -0.4 is 20.1 Å². The number of carbonyl (C=O) groups is 4. The molecule has 4 aliphatic rings. The third-order valence-electron chi connectivity index (χ3n) is 10.8. The first-order chi connectivity index (χ1) is 25.2. The van der Waals surface area contributed by atoms with Crippen LogP contribution in [0.3, 0.4) is 0 Å². The molecule has 1 saturated heterocycles. The number of halogens is 1. The van der Waals surface area contributed by atoms with Crippen molar-refractivity contribution >= 4 is 44.7 Å². The number of aromatic nitrogens is 4. The molecule has 1 unspecified atom stereocenters. The third-order valence-corrected chi connectivity index (χ3v) is 12.9. The summed E-state index contributed by atoms with van der Waals surface area (Å²) in [5, 5.41) is 12.4. The summed E-state index contributed by atoms with van der Waals surface area (Å²) >= 11 is 0. The molecule has 4 heterocycles. The zero-order valence-electron chi connectivity index (χ0n) is 29.8. The van der Waals surface area contributed by atoms with Gasteiger partial charge in [0.1, 0.15) is 40.6 Å². The minimum atomic E-state index is -4.01. The number of nitrogens with zero attached hydrogens (tertiary/aromatic N) is 4. The molecule has 0 spiro atoms. The van der Waals surface area contributed by atoms with Gasteiger partial charge in [0.05, 0.1) is 16.8 Å². The SMILES string of the molecule is Cc1cc(C(=O)N[C@H]2CCCCC/C=C\C3C[C@@]3(C(=O)NS(=O)(=O)C3(C)CC3)NC(=O)[C@@H]3C[C@@H](Oc4nc5c(F)cccc5nc4C)CN3C2=O)n[nH]1. The number of nitrogens with one attached hydrogen (secondary N) is 4. The molecule has 5 atom stereocenters. The number of fused-ring (bicyclic) bond motifs is 3. The summed E-state index contributed by atoms with van der Waals surface area (Å²) in [6.45, 7) is 4.87. The first kappa shape index (κ1) is 36.4. The molecule has 17 heteroatoms. The normalized spacial score (nSPS) is 27.7. The van der Waals surface area contributed by atoms with Gasteiger partial charge in [0.2, 0.25) is 27.7 Å². The molecule has 0 radical (unpaired) electrons. The zero-order chi connectivity index (χ0) is 37.7. The number of rotatable bonds is 7. The second kappa shape index (κ2) is 13.8. The average molecular weight is 751 g/mol. The topological polar surface area (TPSA) is 205 Å². The molecule has 15 nitrogen and oxygen atoms in total. The van der Waals surface area contributed by atoms with E-state index in [4.69, 9.17) is 4.74 Å². The Kier molecular flexibility index (Phi) is 9.49. The zero-order valence-corrected chi connectivity index (χ0v) is 30.6. The van der Waals surface area contributed by atoms with Gasteiger partial charge in [0.15, 0.2) is 5.82 Å². The van der Waals surface area contributed by atoms with E-state index in [2.05, 4.69) is 35.5 Å². The number of aromatic amines is 1. The molecule has 1 aromatic carbocycles. The molecule has 4 amide bonds.